The minimum absolute atomic E-state index is 0.866. The molecule has 0 atom stereocenters. The third-order valence-electron chi connectivity index (χ3n) is 3.46. The lowest BCUT2D eigenvalue weighted by Crippen LogP contribution is -2.11. The predicted molar refractivity (Wildman–Crippen MR) is 87.8 cm³/mol. The predicted octanol–water partition coefficient (Wildman–Crippen LogP) is 4.74. The Morgan fingerprint density at radius 2 is 1.52 bits per heavy atom. The van der Waals surface area contributed by atoms with E-state index in [4.69, 9.17) is 4.74 Å². The van der Waals surface area contributed by atoms with E-state index in [1.807, 2.05) is 30.3 Å². The van der Waals surface area contributed by atoms with E-state index in [1.54, 1.807) is 0 Å². The first-order chi connectivity index (χ1) is 10.3. The van der Waals surface area contributed by atoms with Gasteiger partial charge in [0.2, 0.25) is 0 Å². The van der Waals surface area contributed by atoms with Gasteiger partial charge in [0.1, 0.15) is 11.5 Å². The van der Waals surface area contributed by atoms with Crippen LogP contribution in [-0.4, -0.2) is 6.54 Å². The van der Waals surface area contributed by atoms with E-state index in [9.17, 15) is 0 Å². The summed E-state index contributed by atoms with van der Waals surface area (Å²) in [5.74, 6) is 1.73. The molecule has 3 aromatic rings. The second-order valence-electron chi connectivity index (χ2n) is 5.04. The largest absolute Gasteiger partial charge is 0.457 e. The third kappa shape index (κ3) is 3.41. The van der Waals surface area contributed by atoms with E-state index in [0.717, 1.165) is 24.6 Å². The normalized spacial score (nSPS) is 10.7. The van der Waals surface area contributed by atoms with E-state index < -0.39 is 0 Å². The van der Waals surface area contributed by atoms with Crippen molar-refractivity contribution in [2.45, 2.75) is 13.5 Å². The van der Waals surface area contributed by atoms with Crippen molar-refractivity contribution in [3.8, 4) is 11.5 Å². The summed E-state index contributed by atoms with van der Waals surface area (Å²) < 4.78 is 5.93. The highest BCUT2D eigenvalue weighted by atomic mass is 16.5. The van der Waals surface area contributed by atoms with Crippen LogP contribution < -0.4 is 10.1 Å². The van der Waals surface area contributed by atoms with E-state index in [2.05, 4.69) is 48.6 Å². The van der Waals surface area contributed by atoms with Gasteiger partial charge in [-0.25, -0.2) is 0 Å². The van der Waals surface area contributed by atoms with Gasteiger partial charge in [-0.1, -0.05) is 49.4 Å². The Labute approximate surface area is 125 Å². The van der Waals surface area contributed by atoms with Crippen LogP contribution >= 0.6 is 0 Å². The summed E-state index contributed by atoms with van der Waals surface area (Å²) in [5.41, 5.74) is 1.27. The Hall–Kier alpha value is -2.32. The molecule has 0 unspecified atom stereocenters. The van der Waals surface area contributed by atoms with Crippen LogP contribution in [-0.2, 0) is 6.54 Å². The van der Waals surface area contributed by atoms with Gasteiger partial charge in [-0.05, 0) is 47.1 Å². The van der Waals surface area contributed by atoms with Crippen molar-refractivity contribution in [3.63, 3.8) is 0 Å². The van der Waals surface area contributed by atoms with Gasteiger partial charge >= 0.3 is 0 Å². The molecule has 0 radical (unpaired) electrons. The van der Waals surface area contributed by atoms with E-state index in [1.165, 1.54) is 16.3 Å². The first-order valence-corrected chi connectivity index (χ1v) is 7.31. The van der Waals surface area contributed by atoms with Crippen molar-refractivity contribution in [2.75, 3.05) is 6.54 Å². The van der Waals surface area contributed by atoms with E-state index >= 15 is 0 Å². The van der Waals surface area contributed by atoms with Crippen molar-refractivity contribution >= 4 is 10.8 Å². The summed E-state index contributed by atoms with van der Waals surface area (Å²) >= 11 is 0. The molecular weight excluding hydrogens is 258 g/mol. The van der Waals surface area contributed by atoms with Gasteiger partial charge in [0.05, 0.1) is 0 Å². The molecule has 3 rings (SSSR count). The van der Waals surface area contributed by atoms with E-state index in [-0.39, 0.29) is 0 Å². The average molecular weight is 277 g/mol. The molecule has 0 aliphatic carbocycles. The molecule has 3 aromatic carbocycles. The zero-order valence-electron chi connectivity index (χ0n) is 12.2. The number of hydrogen-bond acceptors (Lipinski definition) is 2. The van der Waals surface area contributed by atoms with Crippen molar-refractivity contribution in [3.05, 3.63) is 72.3 Å². The quantitative estimate of drug-likeness (QED) is 0.727. The molecule has 0 bridgehead atoms. The summed E-state index contributed by atoms with van der Waals surface area (Å²) in [5, 5.41) is 5.73. The zero-order valence-corrected chi connectivity index (χ0v) is 12.2. The molecule has 0 aliphatic heterocycles. The second-order valence-corrected chi connectivity index (χ2v) is 5.04. The van der Waals surface area contributed by atoms with Gasteiger partial charge in [-0.2, -0.15) is 0 Å². The summed E-state index contributed by atoms with van der Waals surface area (Å²) in [6.07, 6.45) is 0. The zero-order chi connectivity index (χ0) is 14.5. The summed E-state index contributed by atoms with van der Waals surface area (Å²) in [4.78, 5) is 0. The van der Waals surface area contributed by atoms with Crippen molar-refractivity contribution < 1.29 is 4.74 Å². The van der Waals surface area contributed by atoms with Crippen LogP contribution in [0.15, 0.2) is 66.7 Å². The lowest BCUT2D eigenvalue weighted by Gasteiger charge is -2.08. The third-order valence-corrected chi connectivity index (χ3v) is 3.46. The van der Waals surface area contributed by atoms with Crippen LogP contribution in [0.4, 0.5) is 0 Å². The van der Waals surface area contributed by atoms with Gasteiger partial charge in [-0.15, -0.1) is 0 Å². The number of hydrogen-bond donors (Lipinski definition) is 1. The van der Waals surface area contributed by atoms with Gasteiger partial charge in [-0.3, -0.25) is 0 Å². The van der Waals surface area contributed by atoms with Gasteiger partial charge < -0.3 is 10.1 Å². The van der Waals surface area contributed by atoms with Crippen molar-refractivity contribution in [1.82, 2.24) is 5.32 Å². The van der Waals surface area contributed by atoms with Crippen LogP contribution in [0.5, 0.6) is 11.5 Å². The highest BCUT2D eigenvalue weighted by molar-refractivity contribution is 5.83. The minimum Gasteiger partial charge on any atom is -0.457 e. The Balaban J connectivity index is 1.75. The van der Waals surface area contributed by atoms with Gasteiger partial charge in [0, 0.05) is 6.54 Å². The molecule has 0 amide bonds. The Kier molecular flexibility index (Phi) is 4.17. The number of fused-ring (bicyclic) bond motifs is 1. The van der Waals surface area contributed by atoms with Crippen molar-refractivity contribution in [1.29, 1.82) is 0 Å². The Morgan fingerprint density at radius 3 is 2.29 bits per heavy atom. The average Bonchev–Trinajstić information content (AvgIpc) is 2.54. The molecule has 2 heteroatoms. The molecule has 0 spiro atoms. The minimum atomic E-state index is 0.866. The van der Waals surface area contributed by atoms with Gasteiger partial charge in [0.15, 0.2) is 0 Å². The van der Waals surface area contributed by atoms with Crippen LogP contribution in [0.25, 0.3) is 10.8 Å². The van der Waals surface area contributed by atoms with Crippen molar-refractivity contribution in [2.24, 2.45) is 0 Å². The van der Waals surface area contributed by atoms with Crippen LogP contribution in [0.2, 0.25) is 0 Å². The molecule has 0 fully saturated rings. The summed E-state index contributed by atoms with van der Waals surface area (Å²) in [6.45, 7) is 3.99. The topological polar surface area (TPSA) is 21.3 Å². The lowest BCUT2D eigenvalue weighted by molar-refractivity contribution is 0.483. The van der Waals surface area contributed by atoms with Crippen LogP contribution in [0, 0.1) is 0 Å². The van der Waals surface area contributed by atoms with Crippen LogP contribution in [0.1, 0.15) is 12.5 Å². The first kappa shape index (κ1) is 13.7. The molecule has 0 aromatic heterocycles. The number of benzene rings is 3. The summed E-state index contributed by atoms with van der Waals surface area (Å²) in [7, 11) is 0. The molecular formula is C19H19NO. The molecule has 1 N–H and O–H groups in total. The highest BCUT2D eigenvalue weighted by Gasteiger charge is 2.00. The SMILES string of the molecule is CCNCc1ccc(Oc2ccc3ccccc3c2)cc1. The number of nitrogens with one attached hydrogen (secondary N) is 1. The molecule has 0 saturated heterocycles. The Morgan fingerprint density at radius 1 is 0.810 bits per heavy atom. The molecule has 106 valence electrons. The maximum atomic E-state index is 5.93. The molecule has 0 saturated carbocycles. The number of rotatable bonds is 5. The molecule has 0 heterocycles. The Bertz CT molecular complexity index is 719. The second kappa shape index (κ2) is 6.42. The maximum absolute atomic E-state index is 5.93. The monoisotopic (exact) mass is 277 g/mol. The smallest absolute Gasteiger partial charge is 0.128 e. The van der Waals surface area contributed by atoms with E-state index in [0.29, 0.717) is 0 Å². The fourth-order valence-electron chi connectivity index (χ4n) is 2.31. The molecule has 0 aliphatic rings. The summed E-state index contributed by atoms with van der Waals surface area (Å²) in [6, 6.07) is 22.7. The number of ether oxygens (including phenoxy) is 1. The fraction of sp³-hybridized carbons (Fsp3) is 0.158. The molecule has 21 heavy (non-hydrogen) atoms. The lowest BCUT2D eigenvalue weighted by atomic mass is 10.1. The standard InChI is InChI=1S/C19H19NO/c1-2-20-14-15-7-10-18(11-8-15)21-19-12-9-16-5-3-4-6-17(16)13-19/h3-13,20H,2,14H2,1H3. The fourth-order valence-corrected chi connectivity index (χ4v) is 2.31. The van der Waals surface area contributed by atoms with Gasteiger partial charge in [0.25, 0.3) is 0 Å². The van der Waals surface area contributed by atoms with Crippen LogP contribution in [0.3, 0.4) is 0 Å². The highest BCUT2D eigenvalue weighted by Crippen LogP contribution is 2.25. The first-order valence-electron chi connectivity index (χ1n) is 7.31. The maximum Gasteiger partial charge on any atom is 0.128 e. The molecule has 2 nitrogen and oxygen atoms in total.